The molecule has 1 aliphatic rings. The van der Waals surface area contributed by atoms with Crippen LogP contribution in [-0.4, -0.2) is 31.4 Å². The number of carbonyl (C=O) groups excluding carboxylic acids is 1. The van der Waals surface area contributed by atoms with E-state index in [9.17, 15) is 4.79 Å². The number of anilines is 1. The summed E-state index contributed by atoms with van der Waals surface area (Å²) in [5.41, 5.74) is 4.67. The minimum Gasteiger partial charge on any atom is -0.309 e. The minimum atomic E-state index is -0.0543. The summed E-state index contributed by atoms with van der Waals surface area (Å²) in [6, 6.07) is 10.00. The molecule has 1 N–H and O–H groups in total. The highest BCUT2D eigenvalue weighted by Crippen LogP contribution is 2.45. The zero-order valence-electron chi connectivity index (χ0n) is 15.2. The molecule has 1 aromatic carbocycles. The van der Waals surface area contributed by atoms with Crippen LogP contribution in [0.4, 0.5) is 5.82 Å². The van der Waals surface area contributed by atoms with Gasteiger partial charge in [-0.15, -0.1) is 11.8 Å². The van der Waals surface area contributed by atoms with E-state index >= 15 is 0 Å². The average molecular weight is 444 g/mol. The number of halogens is 1. The summed E-state index contributed by atoms with van der Waals surface area (Å²) < 4.78 is 2.66. The predicted molar refractivity (Wildman–Crippen MR) is 110 cm³/mol. The van der Waals surface area contributed by atoms with Gasteiger partial charge in [0.2, 0.25) is 5.91 Å². The summed E-state index contributed by atoms with van der Waals surface area (Å²) in [5, 5.41) is 7.67. The Labute approximate surface area is 169 Å². The molecule has 138 valence electrons. The Bertz CT molecular complexity index is 1030. The van der Waals surface area contributed by atoms with E-state index in [-0.39, 0.29) is 11.2 Å². The number of rotatable bonds is 2. The topological polar surface area (TPSA) is 72.7 Å². The van der Waals surface area contributed by atoms with Gasteiger partial charge < -0.3 is 5.32 Å². The Kier molecular flexibility index (Phi) is 4.77. The van der Waals surface area contributed by atoms with Gasteiger partial charge in [0, 0.05) is 21.4 Å². The van der Waals surface area contributed by atoms with Crippen molar-refractivity contribution in [1.82, 2.24) is 19.7 Å². The van der Waals surface area contributed by atoms with Gasteiger partial charge in [0.1, 0.15) is 5.82 Å². The number of hydrogen-bond acceptors (Lipinski definition) is 5. The van der Waals surface area contributed by atoms with Crippen molar-refractivity contribution < 1.29 is 4.79 Å². The number of thioether (sulfide) groups is 1. The molecule has 0 bridgehead atoms. The highest BCUT2D eigenvalue weighted by molar-refractivity contribution is 9.10. The largest absolute Gasteiger partial charge is 0.309 e. The van der Waals surface area contributed by atoms with Gasteiger partial charge in [0.25, 0.3) is 5.95 Å². The van der Waals surface area contributed by atoms with Crippen LogP contribution in [0, 0.1) is 20.8 Å². The van der Waals surface area contributed by atoms with Gasteiger partial charge in [-0.1, -0.05) is 34.1 Å². The molecule has 4 rings (SSSR count). The molecule has 0 aliphatic carbocycles. The van der Waals surface area contributed by atoms with Crippen molar-refractivity contribution in [2.45, 2.75) is 26.0 Å². The standard InChI is InChI=1S/C19H18BrN5OS/c1-10-8-11(2)22-19(21-10)25-18-16(12(3)24-25)17(27-9-15(26)23-18)13-6-4-5-7-14(13)20/h4-8,17H,9H2,1-3H3,(H,23,26)/t17-/m0/s1. The zero-order valence-corrected chi connectivity index (χ0v) is 17.6. The van der Waals surface area contributed by atoms with Gasteiger partial charge in [0.15, 0.2) is 0 Å². The van der Waals surface area contributed by atoms with Gasteiger partial charge in [0.05, 0.1) is 16.7 Å². The Balaban J connectivity index is 1.93. The van der Waals surface area contributed by atoms with Crippen LogP contribution < -0.4 is 5.32 Å². The third-order valence-corrected chi connectivity index (χ3v) is 6.33. The maximum atomic E-state index is 12.4. The lowest BCUT2D eigenvalue weighted by Crippen LogP contribution is -2.17. The van der Waals surface area contributed by atoms with Crippen molar-refractivity contribution >= 4 is 39.4 Å². The quantitative estimate of drug-likeness (QED) is 0.644. The van der Waals surface area contributed by atoms with Crippen LogP contribution in [0.5, 0.6) is 0 Å². The lowest BCUT2D eigenvalue weighted by molar-refractivity contribution is -0.113. The number of nitrogens with zero attached hydrogens (tertiary/aromatic N) is 4. The number of fused-ring (bicyclic) bond motifs is 1. The number of amides is 1. The first-order valence-electron chi connectivity index (χ1n) is 8.52. The van der Waals surface area contributed by atoms with E-state index in [1.54, 1.807) is 16.4 Å². The van der Waals surface area contributed by atoms with Crippen LogP contribution in [0.15, 0.2) is 34.8 Å². The number of nitrogens with one attached hydrogen (secondary N) is 1. The fraction of sp³-hybridized carbons (Fsp3) is 0.263. The number of aromatic nitrogens is 4. The van der Waals surface area contributed by atoms with E-state index in [1.165, 1.54) is 0 Å². The van der Waals surface area contributed by atoms with E-state index < -0.39 is 0 Å². The number of carbonyl (C=O) groups is 1. The van der Waals surface area contributed by atoms with Gasteiger partial charge >= 0.3 is 0 Å². The molecule has 0 spiro atoms. The van der Waals surface area contributed by atoms with Crippen molar-refractivity contribution in [2.24, 2.45) is 0 Å². The van der Waals surface area contributed by atoms with Gasteiger partial charge in [-0.05, 0) is 38.5 Å². The Hall–Kier alpha value is -2.19. The maximum Gasteiger partial charge on any atom is 0.252 e. The molecule has 0 saturated carbocycles. The normalized spacial score (nSPS) is 16.6. The monoisotopic (exact) mass is 443 g/mol. The van der Waals surface area contributed by atoms with E-state index in [2.05, 4.69) is 42.4 Å². The lowest BCUT2D eigenvalue weighted by atomic mass is 10.0. The maximum absolute atomic E-state index is 12.4. The molecular weight excluding hydrogens is 426 g/mol. The molecule has 3 heterocycles. The molecule has 3 aromatic rings. The summed E-state index contributed by atoms with van der Waals surface area (Å²) in [6.45, 7) is 5.80. The molecule has 1 aliphatic heterocycles. The summed E-state index contributed by atoms with van der Waals surface area (Å²) in [6.07, 6.45) is 0. The molecule has 0 unspecified atom stereocenters. The number of hydrogen-bond donors (Lipinski definition) is 1. The molecule has 0 fully saturated rings. The predicted octanol–water partition coefficient (Wildman–Crippen LogP) is 4.12. The molecule has 1 amide bonds. The van der Waals surface area contributed by atoms with Crippen molar-refractivity contribution in [3.05, 3.63) is 63.0 Å². The zero-order chi connectivity index (χ0) is 19.1. The highest BCUT2D eigenvalue weighted by Gasteiger charge is 2.32. The fourth-order valence-electron chi connectivity index (χ4n) is 3.26. The van der Waals surface area contributed by atoms with Gasteiger partial charge in [-0.2, -0.15) is 9.78 Å². The van der Waals surface area contributed by atoms with Crippen molar-refractivity contribution in [1.29, 1.82) is 0 Å². The summed E-state index contributed by atoms with van der Waals surface area (Å²) in [4.78, 5) is 21.4. The second-order valence-electron chi connectivity index (χ2n) is 6.47. The fourth-order valence-corrected chi connectivity index (χ4v) is 5.15. The smallest absolute Gasteiger partial charge is 0.252 e. The van der Waals surface area contributed by atoms with E-state index in [1.807, 2.05) is 45.0 Å². The number of aryl methyl sites for hydroxylation is 3. The van der Waals surface area contributed by atoms with E-state index in [4.69, 9.17) is 0 Å². The molecule has 0 saturated heterocycles. The molecule has 6 nitrogen and oxygen atoms in total. The Morgan fingerprint density at radius 3 is 2.59 bits per heavy atom. The van der Waals surface area contributed by atoms with E-state index in [0.717, 1.165) is 32.7 Å². The van der Waals surface area contributed by atoms with Crippen LogP contribution in [0.1, 0.15) is 33.5 Å². The van der Waals surface area contributed by atoms with Crippen LogP contribution >= 0.6 is 27.7 Å². The van der Waals surface area contributed by atoms with Crippen molar-refractivity contribution in [3.8, 4) is 5.95 Å². The minimum absolute atomic E-state index is 0.0193. The molecule has 8 heteroatoms. The Morgan fingerprint density at radius 2 is 1.89 bits per heavy atom. The van der Waals surface area contributed by atoms with Crippen LogP contribution in [-0.2, 0) is 4.79 Å². The first-order valence-corrected chi connectivity index (χ1v) is 10.4. The summed E-state index contributed by atoms with van der Waals surface area (Å²) >= 11 is 5.24. The van der Waals surface area contributed by atoms with Crippen LogP contribution in [0.3, 0.4) is 0 Å². The van der Waals surface area contributed by atoms with Crippen molar-refractivity contribution in [2.75, 3.05) is 11.1 Å². The molecule has 0 radical (unpaired) electrons. The SMILES string of the molecule is Cc1cc(C)nc(-n2nc(C)c3c2NC(=O)CS[C@H]3c2ccccc2Br)n1. The molecule has 1 atom stereocenters. The summed E-state index contributed by atoms with van der Waals surface area (Å²) in [7, 11) is 0. The third-order valence-electron chi connectivity index (χ3n) is 4.36. The lowest BCUT2D eigenvalue weighted by Gasteiger charge is -2.16. The second kappa shape index (κ2) is 7.09. The average Bonchev–Trinajstić information content (AvgIpc) is 2.81. The van der Waals surface area contributed by atoms with Gasteiger partial charge in [-0.25, -0.2) is 9.97 Å². The second-order valence-corrected chi connectivity index (χ2v) is 8.42. The van der Waals surface area contributed by atoms with Crippen molar-refractivity contribution in [3.63, 3.8) is 0 Å². The number of benzene rings is 1. The first kappa shape index (κ1) is 18.2. The van der Waals surface area contributed by atoms with Gasteiger partial charge in [-0.3, -0.25) is 4.79 Å². The Morgan fingerprint density at radius 1 is 1.19 bits per heavy atom. The van der Waals surface area contributed by atoms with E-state index in [0.29, 0.717) is 17.5 Å². The molecular formula is C19H18BrN5OS. The highest BCUT2D eigenvalue weighted by atomic mass is 79.9. The first-order chi connectivity index (χ1) is 12.9. The van der Waals surface area contributed by atoms with Crippen LogP contribution in [0.2, 0.25) is 0 Å². The summed E-state index contributed by atoms with van der Waals surface area (Å²) in [5.74, 6) is 1.43. The van der Waals surface area contributed by atoms with Crippen LogP contribution in [0.25, 0.3) is 5.95 Å². The molecule has 2 aromatic heterocycles. The molecule has 27 heavy (non-hydrogen) atoms. The third kappa shape index (κ3) is 3.39.